The largest absolute Gasteiger partial charge is 0.356 e. The second kappa shape index (κ2) is 8.56. The van der Waals surface area contributed by atoms with Gasteiger partial charge >= 0.3 is 0 Å². The average Bonchev–Trinajstić information content (AvgIpc) is 3.45. The van der Waals surface area contributed by atoms with E-state index >= 15 is 0 Å². The van der Waals surface area contributed by atoms with Gasteiger partial charge in [0.15, 0.2) is 16.6 Å². The molecule has 0 aliphatic heterocycles. The van der Waals surface area contributed by atoms with E-state index in [0.717, 1.165) is 21.3 Å². The number of thiazole rings is 1. The van der Waals surface area contributed by atoms with Gasteiger partial charge in [-0.3, -0.25) is 14.2 Å². The molecule has 5 rings (SSSR count). The van der Waals surface area contributed by atoms with Crippen molar-refractivity contribution in [3.05, 3.63) is 90.3 Å². The van der Waals surface area contributed by atoms with Crippen LogP contribution in [-0.4, -0.2) is 30.2 Å². The van der Waals surface area contributed by atoms with Crippen LogP contribution < -0.4 is 10.6 Å². The van der Waals surface area contributed by atoms with Crippen molar-refractivity contribution in [2.45, 2.75) is 13.5 Å². The minimum Gasteiger partial charge on any atom is -0.356 e. The molecular formula is C23H19N7OS. The van der Waals surface area contributed by atoms with Crippen molar-refractivity contribution >= 4 is 33.7 Å². The molecule has 5 heterocycles. The van der Waals surface area contributed by atoms with Crippen LogP contribution in [0.1, 0.15) is 21.7 Å². The number of amides is 1. The first kappa shape index (κ1) is 19.8. The van der Waals surface area contributed by atoms with Crippen molar-refractivity contribution in [1.29, 1.82) is 0 Å². The van der Waals surface area contributed by atoms with Gasteiger partial charge in [-0.2, -0.15) is 0 Å². The molecule has 0 atom stereocenters. The topological polar surface area (TPSA) is 97.1 Å². The summed E-state index contributed by atoms with van der Waals surface area (Å²) >= 11 is 1.47. The molecule has 0 aliphatic carbocycles. The third-order valence-corrected chi connectivity index (χ3v) is 5.74. The molecule has 0 radical (unpaired) electrons. The number of nitrogens with one attached hydrogen (secondary N) is 2. The summed E-state index contributed by atoms with van der Waals surface area (Å²) in [6.07, 6.45) is 7.12. The predicted octanol–water partition coefficient (Wildman–Crippen LogP) is 4.42. The maximum Gasteiger partial charge on any atom is 0.277 e. The SMILES string of the molecule is Cc1ccc(NC(=O)c2nc(-c3cnc(NCc4ccccn4)s3)n3ccccc23)nc1. The van der Waals surface area contributed by atoms with E-state index in [1.165, 1.54) is 11.3 Å². The summed E-state index contributed by atoms with van der Waals surface area (Å²) in [4.78, 5) is 31.5. The summed E-state index contributed by atoms with van der Waals surface area (Å²) < 4.78 is 1.90. The lowest BCUT2D eigenvalue weighted by Gasteiger charge is -2.03. The van der Waals surface area contributed by atoms with Crippen LogP contribution >= 0.6 is 11.3 Å². The second-order valence-electron chi connectivity index (χ2n) is 7.12. The monoisotopic (exact) mass is 441 g/mol. The summed E-state index contributed by atoms with van der Waals surface area (Å²) in [5.74, 6) is 0.832. The zero-order valence-corrected chi connectivity index (χ0v) is 18.0. The van der Waals surface area contributed by atoms with Gasteiger partial charge in [0.1, 0.15) is 5.82 Å². The summed E-state index contributed by atoms with van der Waals surface area (Å²) in [5, 5.41) is 6.87. The van der Waals surface area contributed by atoms with E-state index < -0.39 is 0 Å². The van der Waals surface area contributed by atoms with Crippen LogP contribution in [0.2, 0.25) is 0 Å². The fourth-order valence-electron chi connectivity index (χ4n) is 3.22. The molecule has 5 aromatic rings. The zero-order valence-electron chi connectivity index (χ0n) is 17.2. The molecule has 9 heteroatoms. The number of imidazole rings is 1. The number of carbonyl (C=O) groups excluding carboxylic acids is 1. The quantitative estimate of drug-likeness (QED) is 0.405. The molecular weight excluding hydrogens is 422 g/mol. The fraction of sp³-hybridized carbons (Fsp3) is 0.0870. The zero-order chi connectivity index (χ0) is 21.9. The number of nitrogens with zero attached hydrogens (tertiary/aromatic N) is 5. The molecule has 0 spiro atoms. The molecule has 0 aliphatic rings. The van der Waals surface area contributed by atoms with Gasteiger partial charge in [-0.15, -0.1) is 0 Å². The summed E-state index contributed by atoms with van der Waals surface area (Å²) in [6, 6.07) is 15.1. The van der Waals surface area contributed by atoms with Crippen LogP contribution in [0.4, 0.5) is 10.9 Å². The minimum atomic E-state index is -0.311. The lowest BCUT2D eigenvalue weighted by molar-refractivity contribution is 0.102. The minimum absolute atomic E-state index is 0.311. The van der Waals surface area contributed by atoms with E-state index in [9.17, 15) is 4.79 Å². The molecule has 5 aromatic heterocycles. The van der Waals surface area contributed by atoms with Crippen LogP contribution in [0.15, 0.2) is 73.3 Å². The maximum absolute atomic E-state index is 13.0. The Bertz CT molecular complexity index is 1380. The van der Waals surface area contributed by atoms with Crippen molar-refractivity contribution in [3.8, 4) is 10.7 Å². The van der Waals surface area contributed by atoms with E-state index in [2.05, 4.69) is 30.6 Å². The third-order valence-electron chi connectivity index (χ3n) is 4.79. The van der Waals surface area contributed by atoms with Gasteiger partial charge in [0.2, 0.25) is 0 Å². The standard InChI is InChI=1S/C23H19N7OS/c1-15-8-9-19(25-12-15)28-22(31)20-17-7-3-5-11-30(17)21(29-20)18-14-27-23(32-18)26-13-16-6-2-4-10-24-16/h2-12,14H,13H2,1H3,(H,26,27)(H,25,28,31). The number of hydrogen-bond acceptors (Lipinski definition) is 7. The summed E-state index contributed by atoms with van der Waals surface area (Å²) in [7, 11) is 0. The molecule has 0 saturated carbocycles. The number of aromatic nitrogens is 5. The molecule has 0 aromatic carbocycles. The Hall–Kier alpha value is -4.11. The van der Waals surface area contributed by atoms with Crippen molar-refractivity contribution < 1.29 is 4.79 Å². The number of fused-ring (bicyclic) bond motifs is 1. The van der Waals surface area contributed by atoms with Gasteiger partial charge < -0.3 is 10.6 Å². The highest BCUT2D eigenvalue weighted by Crippen LogP contribution is 2.30. The number of rotatable bonds is 6. The summed E-state index contributed by atoms with van der Waals surface area (Å²) in [5.41, 5.74) is 3.00. The van der Waals surface area contributed by atoms with Crippen molar-refractivity contribution in [2.24, 2.45) is 0 Å². The molecule has 0 saturated heterocycles. The molecule has 2 N–H and O–H groups in total. The number of carbonyl (C=O) groups is 1. The number of anilines is 2. The van der Waals surface area contributed by atoms with Gasteiger partial charge in [0.05, 0.1) is 28.8 Å². The normalized spacial score (nSPS) is 10.9. The molecule has 0 bridgehead atoms. The third kappa shape index (κ3) is 4.06. The van der Waals surface area contributed by atoms with Crippen molar-refractivity contribution in [2.75, 3.05) is 10.6 Å². The highest BCUT2D eigenvalue weighted by molar-refractivity contribution is 7.18. The van der Waals surface area contributed by atoms with Gasteiger partial charge in [-0.1, -0.05) is 29.5 Å². The van der Waals surface area contributed by atoms with Crippen LogP contribution in [0.25, 0.3) is 16.2 Å². The van der Waals surface area contributed by atoms with E-state index in [1.807, 2.05) is 60.0 Å². The van der Waals surface area contributed by atoms with E-state index in [4.69, 9.17) is 0 Å². The average molecular weight is 442 g/mol. The van der Waals surface area contributed by atoms with Crippen molar-refractivity contribution in [3.63, 3.8) is 0 Å². The molecule has 32 heavy (non-hydrogen) atoms. The van der Waals surface area contributed by atoms with E-state index in [1.54, 1.807) is 24.7 Å². The number of hydrogen-bond donors (Lipinski definition) is 2. The Morgan fingerprint density at radius 3 is 2.75 bits per heavy atom. The molecule has 0 unspecified atom stereocenters. The van der Waals surface area contributed by atoms with Crippen LogP contribution in [0.3, 0.4) is 0 Å². The lowest BCUT2D eigenvalue weighted by Crippen LogP contribution is -2.13. The van der Waals surface area contributed by atoms with E-state index in [0.29, 0.717) is 29.4 Å². The van der Waals surface area contributed by atoms with Gasteiger partial charge in [-0.05, 0) is 42.8 Å². The molecule has 8 nitrogen and oxygen atoms in total. The fourth-order valence-corrected chi connectivity index (χ4v) is 4.02. The highest BCUT2D eigenvalue weighted by Gasteiger charge is 2.20. The Morgan fingerprint density at radius 1 is 1.03 bits per heavy atom. The first-order valence-electron chi connectivity index (χ1n) is 9.98. The first-order chi connectivity index (χ1) is 15.7. The molecule has 1 amide bonds. The van der Waals surface area contributed by atoms with Gasteiger partial charge in [-0.25, -0.2) is 15.0 Å². The second-order valence-corrected chi connectivity index (χ2v) is 8.15. The van der Waals surface area contributed by atoms with Gasteiger partial charge in [0, 0.05) is 18.6 Å². The maximum atomic E-state index is 13.0. The van der Waals surface area contributed by atoms with Crippen LogP contribution in [-0.2, 0) is 6.54 Å². The molecule has 0 fully saturated rings. The predicted molar refractivity (Wildman–Crippen MR) is 125 cm³/mol. The lowest BCUT2D eigenvalue weighted by atomic mass is 10.3. The van der Waals surface area contributed by atoms with E-state index in [-0.39, 0.29) is 5.91 Å². The first-order valence-corrected chi connectivity index (χ1v) is 10.8. The Balaban J connectivity index is 1.42. The van der Waals surface area contributed by atoms with Crippen molar-refractivity contribution in [1.82, 2.24) is 24.3 Å². The molecule has 158 valence electrons. The van der Waals surface area contributed by atoms with Crippen LogP contribution in [0, 0.1) is 6.92 Å². The van der Waals surface area contributed by atoms with Crippen LogP contribution in [0.5, 0.6) is 0 Å². The number of pyridine rings is 3. The van der Waals surface area contributed by atoms with Gasteiger partial charge in [0.25, 0.3) is 5.91 Å². The smallest absolute Gasteiger partial charge is 0.277 e. The number of aryl methyl sites for hydroxylation is 1. The Morgan fingerprint density at radius 2 is 1.94 bits per heavy atom. The Kier molecular flexibility index (Phi) is 5.30. The Labute approximate surface area is 188 Å². The summed E-state index contributed by atoms with van der Waals surface area (Å²) in [6.45, 7) is 2.52. The highest BCUT2D eigenvalue weighted by atomic mass is 32.1.